The number of fused-ring (bicyclic) bond motifs is 1. The molecule has 3 nitrogen and oxygen atoms in total. The van der Waals surface area contributed by atoms with E-state index < -0.39 is 0 Å². The molecule has 0 aliphatic heterocycles. The van der Waals surface area contributed by atoms with Gasteiger partial charge >= 0.3 is 0 Å². The van der Waals surface area contributed by atoms with Gasteiger partial charge in [-0.25, -0.2) is 0 Å². The number of benzene rings is 1. The second kappa shape index (κ2) is 2.71. The first-order valence-corrected chi connectivity index (χ1v) is 4.10. The van der Waals surface area contributed by atoms with Crippen molar-refractivity contribution in [3.8, 4) is 0 Å². The highest BCUT2D eigenvalue weighted by molar-refractivity contribution is 9.10. The molecule has 2 rings (SSSR count). The summed E-state index contributed by atoms with van der Waals surface area (Å²) in [4.78, 5) is 10.5. The number of hydrogen-bond acceptors (Lipinski definition) is 3. The maximum Gasteiger partial charge on any atom is 0.178 e. The Hall–Kier alpha value is -1.16. The van der Waals surface area contributed by atoms with Crippen molar-refractivity contribution in [1.29, 1.82) is 0 Å². The largest absolute Gasteiger partial charge is 0.355 e. The minimum atomic E-state index is 0.519. The molecule has 0 atom stereocenters. The minimum absolute atomic E-state index is 0.519. The Balaban J connectivity index is 2.91. The summed E-state index contributed by atoms with van der Waals surface area (Å²) in [6.07, 6.45) is 2.33. The van der Waals surface area contributed by atoms with E-state index in [2.05, 4.69) is 21.1 Å². The van der Waals surface area contributed by atoms with Gasteiger partial charge in [-0.2, -0.15) is 0 Å². The van der Waals surface area contributed by atoms with Gasteiger partial charge in [-0.3, -0.25) is 4.79 Å². The Labute approximate surface area is 76.5 Å². The molecule has 0 saturated heterocycles. The van der Waals surface area contributed by atoms with E-state index >= 15 is 0 Å². The van der Waals surface area contributed by atoms with Crippen molar-refractivity contribution in [3.63, 3.8) is 0 Å². The highest BCUT2D eigenvalue weighted by Crippen LogP contribution is 2.25. The zero-order valence-electron chi connectivity index (χ0n) is 5.95. The summed E-state index contributed by atoms with van der Waals surface area (Å²) in [6.45, 7) is 0. The van der Waals surface area contributed by atoms with Crippen molar-refractivity contribution in [2.45, 2.75) is 0 Å². The Morgan fingerprint density at radius 3 is 3.08 bits per heavy atom. The van der Waals surface area contributed by atoms with Crippen LogP contribution in [-0.4, -0.2) is 11.4 Å². The number of carbonyl (C=O) groups is 1. The van der Waals surface area contributed by atoms with Crippen molar-refractivity contribution in [3.05, 3.63) is 28.4 Å². The van der Waals surface area contributed by atoms with Crippen LogP contribution in [0.2, 0.25) is 0 Å². The third-order valence-electron chi connectivity index (χ3n) is 1.63. The van der Waals surface area contributed by atoms with E-state index in [1.54, 1.807) is 18.3 Å². The number of hydrogen-bond donors (Lipinski definition) is 0. The molecule has 1 aromatic carbocycles. The summed E-state index contributed by atoms with van der Waals surface area (Å²) in [7, 11) is 0. The molecule has 12 heavy (non-hydrogen) atoms. The molecule has 1 heterocycles. The second-order valence-electron chi connectivity index (χ2n) is 2.32. The van der Waals surface area contributed by atoms with E-state index in [1.807, 2.05) is 0 Å². The lowest BCUT2D eigenvalue weighted by Gasteiger charge is -1.92. The van der Waals surface area contributed by atoms with E-state index in [-0.39, 0.29) is 0 Å². The van der Waals surface area contributed by atoms with Gasteiger partial charge in [0.15, 0.2) is 11.9 Å². The quantitative estimate of drug-likeness (QED) is 0.701. The predicted octanol–water partition coefficient (Wildman–Crippen LogP) is 2.40. The van der Waals surface area contributed by atoms with Crippen molar-refractivity contribution in [1.82, 2.24) is 5.16 Å². The zero-order valence-corrected chi connectivity index (χ0v) is 7.54. The molecular weight excluding hydrogens is 222 g/mol. The molecule has 0 spiro atoms. The average Bonchev–Trinajstić information content (AvgIpc) is 2.54. The number of aromatic nitrogens is 1. The van der Waals surface area contributed by atoms with Gasteiger partial charge in [0.25, 0.3) is 0 Å². The Morgan fingerprint density at radius 1 is 1.50 bits per heavy atom. The van der Waals surface area contributed by atoms with Gasteiger partial charge in [0.2, 0.25) is 0 Å². The third-order valence-corrected chi connectivity index (χ3v) is 2.32. The van der Waals surface area contributed by atoms with Crippen LogP contribution < -0.4 is 0 Å². The van der Waals surface area contributed by atoms with Crippen molar-refractivity contribution in [2.24, 2.45) is 0 Å². The van der Waals surface area contributed by atoms with E-state index in [4.69, 9.17) is 4.52 Å². The van der Waals surface area contributed by atoms with Crippen LogP contribution in [0, 0.1) is 0 Å². The molecule has 0 fully saturated rings. The van der Waals surface area contributed by atoms with E-state index in [9.17, 15) is 4.79 Å². The van der Waals surface area contributed by atoms with Crippen LogP contribution in [0.5, 0.6) is 0 Å². The topological polar surface area (TPSA) is 43.1 Å². The normalized spacial score (nSPS) is 10.4. The van der Waals surface area contributed by atoms with Gasteiger partial charge in [-0.05, 0) is 28.1 Å². The smallest absolute Gasteiger partial charge is 0.178 e. The summed E-state index contributed by atoms with van der Waals surface area (Å²) in [5.41, 5.74) is 1.05. The number of rotatable bonds is 1. The lowest BCUT2D eigenvalue weighted by molar-refractivity contribution is 0.112. The first kappa shape index (κ1) is 7.49. The van der Waals surface area contributed by atoms with Gasteiger partial charge in [-0.1, -0.05) is 5.16 Å². The third kappa shape index (κ3) is 0.956. The lowest BCUT2D eigenvalue weighted by atomic mass is 10.2. The SMILES string of the molecule is O=Cc1ccc(Br)c2cnoc12. The van der Waals surface area contributed by atoms with Crippen LogP contribution in [0.3, 0.4) is 0 Å². The Morgan fingerprint density at radius 2 is 2.33 bits per heavy atom. The summed E-state index contributed by atoms with van der Waals surface area (Å²) in [6, 6.07) is 3.48. The summed E-state index contributed by atoms with van der Waals surface area (Å²) >= 11 is 3.32. The number of halogens is 1. The molecule has 0 N–H and O–H groups in total. The fourth-order valence-electron chi connectivity index (χ4n) is 1.04. The minimum Gasteiger partial charge on any atom is -0.355 e. The lowest BCUT2D eigenvalue weighted by Crippen LogP contribution is -1.79. The van der Waals surface area contributed by atoms with Crippen LogP contribution in [0.4, 0.5) is 0 Å². The maximum atomic E-state index is 10.5. The van der Waals surface area contributed by atoms with Gasteiger partial charge < -0.3 is 4.52 Å². The monoisotopic (exact) mass is 225 g/mol. The van der Waals surface area contributed by atoms with Crippen molar-refractivity contribution in [2.75, 3.05) is 0 Å². The van der Waals surface area contributed by atoms with Crippen LogP contribution in [-0.2, 0) is 0 Å². The average molecular weight is 226 g/mol. The van der Waals surface area contributed by atoms with Gasteiger partial charge in [-0.15, -0.1) is 0 Å². The molecule has 0 amide bonds. The summed E-state index contributed by atoms with van der Waals surface area (Å²) in [5.74, 6) is 0. The summed E-state index contributed by atoms with van der Waals surface area (Å²) in [5, 5.41) is 4.43. The fraction of sp³-hybridized carbons (Fsp3) is 0. The van der Waals surface area contributed by atoms with Crippen molar-refractivity contribution >= 4 is 33.2 Å². The molecule has 60 valence electrons. The van der Waals surface area contributed by atoms with Crippen LogP contribution in [0.1, 0.15) is 10.4 Å². The second-order valence-corrected chi connectivity index (χ2v) is 3.18. The Bertz CT molecular complexity index is 436. The zero-order chi connectivity index (χ0) is 8.55. The molecule has 1 aromatic heterocycles. The predicted molar refractivity (Wildman–Crippen MR) is 47.1 cm³/mol. The van der Waals surface area contributed by atoms with Gasteiger partial charge in [0.05, 0.1) is 17.1 Å². The first-order valence-electron chi connectivity index (χ1n) is 3.31. The van der Waals surface area contributed by atoms with Crippen molar-refractivity contribution < 1.29 is 9.32 Å². The molecule has 0 saturated carbocycles. The standard InChI is InChI=1S/C8H4BrNO2/c9-7-2-1-5(4-11)8-6(7)3-10-12-8/h1-4H. The molecular formula is C8H4BrNO2. The number of aldehydes is 1. The maximum absolute atomic E-state index is 10.5. The highest BCUT2D eigenvalue weighted by atomic mass is 79.9. The van der Waals surface area contributed by atoms with Gasteiger partial charge in [0.1, 0.15) is 0 Å². The van der Waals surface area contributed by atoms with Crippen LogP contribution in [0.25, 0.3) is 11.0 Å². The number of carbonyl (C=O) groups excluding carboxylic acids is 1. The molecule has 0 aliphatic rings. The van der Waals surface area contributed by atoms with Crippen LogP contribution in [0.15, 0.2) is 27.3 Å². The van der Waals surface area contributed by atoms with E-state index in [0.29, 0.717) is 11.1 Å². The molecule has 0 radical (unpaired) electrons. The van der Waals surface area contributed by atoms with E-state index in [1.165, 1.54) is 0 Å². The fourth-order valence-corrected chi connectivity index (χ4v) is 1.45. The molecule has 0 aliphatic carbocycles. The molecule has 2 aromatic rings. The Kier molecular flexibility index (Phi) is 1.69. The molecule has 0 bridgehead atoms. The van der Waals surface area contributed by atoms with Crippen LogP contribution >= 0.6 is 15.9 Å². The summed E-state index contributed by atoms with van der Waals surface area (Å²) < 4.78 is 5.79. The van der Waals surface area contributed by atoms with E-state index in [0.717, 1.165) is 16.1 Å². The molecule has 0 unspecified atom stereocenters. The van der Waals surface area contributed by atoms with Gasteiger partial charge in [0, 0.05) is 4.47 Å². The molecule has 4 heteroatoms. The highest BCUT2D eigenvalue weighted by Gasteiger charge is 2.07. The number of nitrogens with zero attached hydrogens (tertiary/aromatic N) is 1. The first-order chi connectivity index (χ1) is 5.83.